The van der Waals surface area contributed by atoms with Gasteiger partial charge >= 0.3 is 5.97 Å². The third-order valence-corrected chi connectivity index (χ3v) is 4.86. The predicted molar refractivity (Wildman–Crippen MR) is 121 cm³/mol. The van der Waals surface area contributed by atoms with Crippen LogP contribution >= 0.6 is 11.8 Å². The van der Waals surface area contributed by atoms with Crippen LogP contribution in [0.4, 0.5) is 0 Å². The van der Waals surface area contributed by atoms with Crippen molar-refractivity contribution in [3.8, 4) is 0 Å². The summed E-state index contributed by atoms with van der Waals surface area (Å²) in [7, 11) is 0. The summed E-state index contributed by atoms with van der Waals surface area (Å²) in [6.07, 6.45) is 5.10. The van der Waals surface area contributed by atoms with Gasteiger partial charge in [0.25, 0.3) is 0 Å². The fraction of sp³-hybridized carbons (Fsp3) is 0.526. The number of aromatic amines is 1. The standard InChI is InChI=1S/C19H29N7O7S/c1-11(27)25-13(3-4-34-2)18(32)23-8-16(29)26-14(5-12-6-20-10-24-12)19(33)22-7-15(28)21-9-17(30)31/h6,10,13-14H,3-5,7-9H2,1-2H3,(H,20,24)(H,21,28)(H,22,33)(H,23,32)(H,25,27)(H,26,29)(H,30,31)/t13-,14-/m0/s1. The number of hydrogen-bond acceptors (Lipinski definition) is 8. The van der Waals surface area contributed by atoms with Crippen molar-refractivity contribution in [2.45, 2.75) is 31.8 Å². The molecule has 1 rings (SSSR count). The van der Waals surface area contributed by atoms with Gasteiger partial charge in [-0.25, -0.2) is 4.98 Å². The van der Waals surface area contributed by atoms with E-state index in [2.05, 4.69) is 36.6 Å². The molecule has 34 heavy (non-hydrogen) atoms. The summed E-state index contributed by atoms with van der Waals surface area (Å²) in [5, 5.41) is 20.4. The lowest BCUT2D eigenvalue weighted by atomic mass is 10.1. The Morgan fingerprint density at radius 2 is 1.62 bits per heavy atom. The quantitative estimate of drug-likeness (QED) is 0.132. The van der Waals surface area contributed by atoms with Crippen molar-refractivity contribution in [1.29, 1.82) is 0 Å². The molecule has 0 spiro atoms. The van der Waals surface area contributed by atoms with E-state index in [1.807, 2.05) is 6.26 Å². The third-order valence-electron chi connectivity index (χ3n) is 4.22. The summed E-state index contributed by atoms with van der Waals surface area (Å²) in [5.74, 6) is -3.62. The van der Waals surface area contributed by atoms with Gasteiger partial charge in [0.2, 0.25) is 29.5 Å². The lowest BCUT2D eigenvalue weighted by Crippen LogP contribution is -2.53. The van der Waals surface area contributed by atoms with E-state index < -0.39 is 61.3 Å². The van der Waals surface area contributed by atoms with E-state index >= 15 is 0 Å². The van der Waals surface area contributed by atoms with Crippen LogP contribution in [-0.4, -0.2) is 94.3 Å². The first-order chi connectivity index (χ1) is 16.1. The summed E-state index contributed by atoms with van der Waals surface area (Å²) < 4.78 is 0. The molecular weight excluding hydrogens is 470 g/mol. The number of carboxylic acids is 1. The maximum atomic E-state index is 12.5. The van der Waals surface area contributed by atoms with Gasteiger partial charge in [0.15, 0.2) is 0 Å². The zero-order valence-electron chi connectivity index (χ0n) is 18.8. The van der Waals surface area contributed by atoms with E-state index in [1.165, 1.54) is 31.2 Å². The summed E-state index contributed by atoms with van der Waals surface area (Å²) in [6.45, 7) is -0.252. The Balaban J connectivity index is 2.67. The Kier molecular flexibility index (Phi) is 12.8. The number of hydrogen-bond donors (Lipinski definition) is 7. The van der Waals surface area contributed by atoms with Crippen molar-refractivity contribution < 1.29 is 33.9 Å². The largest absolute Gasteiger partial charge is 0.480 e. The maximum absolute atomic E-state index is 12.5. The van der Waals surface area contributed by atoms with Crippen LogP contribution in [0.25, 0.3) is 0 Å². The summed E-state index contributed by atoms with van der Waals surface area (Å²) in [4.78, 5) is 77.4. The van der Waals surface area contributed by atoms with Gasteiger partial charge < -0.3 is 36.7 Å². The molecule has 1 heterocycles. The normalized spacial score (nSPS) is 12.1. The number of aromatic nitrogens is 2. The van der Waals surface area contributed by atoms with Crippen molar-refractivity contribution in [2.24, 2.45) is 0 Å². The molecule has 188 valence electrons. The smallest absolute Gasteiger partial charge is 0.322 e. The number of nitrogens with zero attached hydrogens (tertiary/aromatic N) is 1. The Morgan fingerprint density at radius 3 is 2.18 bits per heavy atom. The van der Waals surface area contributed by atoms with Crippen LogP contribution in [0, 0.1) is 0 Å². The molecule has 0 bridgehead atoms. The second-order valence-electron chi connectivity index (χ2n) is 7.04. The van der Waals surface area contributed by atoms with Gasteiger partial charge in [-0.3, -0.25) is 28.8 Å². The number of rotatable bonds is 15. The van der Waals surface area contributed by atoms with Gasteiger partial charge in [0.1, 0.15) is 18.6 Å². The molecule has 0 radical (unpaired) electrons. The lowest BCUT2D eigenvalue weighted by molar-refractivity contribution is -0.138. The monoisotopic (exact) mass is 499 g/mol. The molecule has 0 aromatic carbocycles. The molecule has 15 heteroatoms. The molecule has 5 amide bonds. The predicted octanol–water partition coefficient (Wildman–Crippen LogP) is -2.87. The number of amides is 5. The van der Waals surface area contributed by atoms with E-state index in [0.717, 1.165) is 0 Å². The van der Waals surface area contributed by atoms with Gasteiger partial charge in [-0.15, -0.1) is 0 Å². The minimum atomic E-state index is -1.24. The number of imidazole rings is 1. The number of nitrogens with one attached hydrogen (secondary N) is 6. The fourth-order valence-corrected chi connectivity index (χ4v) is 3.11. The van der Waals surface area contributed by atoms with Crippen LogP contribution in [0.5, 0.6) is 0 Å². The molecule has 0 aliphatic rings. The number of aliphatic carboxylic acids is 1. The van der Waals surface area contributed by atoms with Gasteiger partial charge in [0, 0.05) is 25.2 Å². The van der Waals surface area contributed by atoms with Gasteiger partial charge in [0.05, 0.1) is 19.4 Å². The molecule has 0 fully saturated rings. The number of carbonyl (C=O) groups excluding carboxylic acids is 5. The molecule has 0 saturated heterocycles. The van der Waals surface area contributed by atoms with E-state index in [0.29, 0.717) is 17.9 Å². The van der Waals surface area contributed by atoms with Crippen molar-refractivity contribution in [1.82, 2.24) is 36.6 Å². The van der Waals surface area contributed by atoms with Crippen molar-refractivity contribution in [3.05, 3.63) is 18.2 Å². The lowest BCUT2D eigenvalue weighted by Gasteiger charge is -2.19. The minimum absolute atomic E-state index is 0.0184. The average Bonchev–Trinajstić information content (AvgIpc) is 3.29. The SMILES string of the molecule is CSCC[C@H](NC(C)=O)C(=O)NCC(=O)N[C@@H](Cc1cnc[nH]1)C(=O)NCC(=O)NCC(=O)O. The first kappa shape index (κ1) is 28.4. The first-order valence-corrected chi connectivity index (χ1v) is 11.6. The number of carbonyl (C=O) groups is 6. The third kappa shape index (κ3) is 11.8. The Bertz CT molecular complexity index is 863. The molecule has 1 aromatic rings. The van der Waals surface area contributed by atoms with E-state index in [9.17, 15) is 28.8 Å². The van der Waals surface area contributed by atoms with Crippen LogP contribution in [0.2, 0.25) is 0 Å². The van der Waals surface area contributed by atoms with Crippen molar-refractivity contribution in [2.75, 3.05) is 31.6 Å². The Morgan fingerprint density at radius 1 is 0.971 bits per heavy atom. The second-order valence-corrected chi connectivity index (χ2v) is 8.03. The molecule has 2 atom stereocenters. The van der Waals surface area contributed by atoms with Gasteiger partial charge in [-0.1, -0.05) is 0 Å². The highest BCUT2D eigenvalue weighted by Gasteiger charge is 2.24. The van der Waals surface area contributed by atoms with Gasteiger partial charge in [-0.2, -0.15) is 11.8 Å². The van der Waals surface area contributed by atoms with Crippen LogP contribution in [0.1, 0.15) is 19.0 Å². The number of thioether (sulfide) groups is 1. The molecular formula is C19H29N7O7S. The molecule has 1 aromatic heterocycles. The summed E-state index contributed by atoms with van der Waals surface area (Å²) in [5.41, 5.74) is 0.530. The van der Waals surface area contributed by atoms with Crippen LogP contribution < -0.4 is 26.6 Å². The van der Waals surface area contributed by atoms with E-state index in [-0.39, 0.29) is 12.3 Å². The van der Waals surface area contributed by atoms with Crippen LogP contribution in [0.15, 0.2) is 12.5 Å². The highest BCUT2D eigenvalue weighted by atomic mass is 32.2. The molecule has 0 saturated carbocycles. The number of H-pyrrole nitrogens is 1. The van der Waals surface area contributed by atoms with Crippen molar-refractivity contribution >= 4 is 47.3 Å². The van der Waals surface area contributed by atoms with Gasteiger partial charge in [-0.05, 0) is 18.4 Å². The first-order valence-electron chi connectivity index (χ1n) is 10.2. The molecule has 14 nitrogen and oxygen atoms in total. The highest BCUT2D eigenvalue weighted by Crippen LogP contribution is 2.02. The zero-order valence-corrected chi connectivity index (χ0v) is 19.6. The van der Waals surface area contributed by atoms with E-state index in [4.69, 9.17) is 5.11 Å². The molecule has 0 aliphatic carbocycles. The molecule has 7 N–H and O–H groups in total. The zero-order chi connectivity index (χ0) is 25.5. The minimum Gasteiger partial charge on any atom is -0.480 e. The second kappa shape index (κ2) is 15.3. The highest BCUT2D eigenvalue weighted by molar-refractivity contribution is 7.98. The summed E-state index contributed by atoms with van der Waals surface area (Å²) in [6, 6.07) is -1.91. The number of carboxylic acid groups (broad SMARTS) is 1. The van der Waals surface area contributed by atoms with E-state index in [1.54, 1.807) is 0 Å². The fourth-order valence-electron chi connectivity index (χ4n) is 2.64. The Labute approximate surface area is 199 Å². The average molecular weight is 500 g/mol. The molecule has 0 unspecified atom stereocenters. The summed E-state index contributed by atoms with van der Waals surface area (Å²) >= 11 is 1.50. The topological polar surface area (TPSA) is 211 Å². The molecule has 0 aliphatic heterocycles. The van der Waals surface area contributed by atoms with Crippen molar-refractivity contribution in [3.63, 3.8) is 0 Å². The Hall–Kier alpha value is -3.62. The van der Waals surface area contributed by atoms with Crippen LogP contribution in [-0.2, 0) is 35.2 Å². The maximum Gasteiger partial charge on any atom is 0.322 e. The van der Waals surface area contributed by atoms with Crippen LogP contribution in [0.3, 0.4) is 0 Å².